The van der Waals surface area contributed by atoms with Crippen molar-refractivity contribution >= 4 is 6.09 Å². The molecule has 0 heterocycles. The molecule has 2 unspecified atom stereocenters. The van der Waals surface area contributed by atoms with Crippen molar-refractivity contribution in [2.75, 3.05) is 6.54 Å². The number of carbonyl (C=O) groups excluding carboxylic acids is 1. The minimum absolute atomic E-state index is 0.0327. The molecule has 0 aliphatic heterocycles. The summed E-state index contributed by atoms with van der Waals surface area (Å²) in [5.74, 6) is 1.66. The van der Waals surface area contributed by atoms with Gasteiger partial charge < -0.3 is 10.1 Å². The van der Waals surface area contributed by atoms with Crippen LogP contribution in [0.15, 0.2) is 0 Å². The van der Waals surface area contributed by atoms with E-state index in [9.17, 15) is 4.79 Å². The fraction of sp³-hybridized carbons (Fsp3) is 0.923. The van der Waals surface area contributed by atoms with Crippen molar-refractivity contribution in [1.82, 2.24) is 5.32 Å². The van der Waals surface area contributed by atoms with E-state index in [1.165, 1.54) is 25.7 Å². The van der Waals surface area contributed by atoms with E-state index in [0.717, 1.165) is 24.8 Å². The third-order valence-electron chi connectivity index (χ3n) is 3.21. The molecule has 0 aromatic carbocycles. The van der Waals surface area contributed by atoms with Crippen molar-refractivity contribution in [1.29, 1.82) is 0 Å². The highest BCUT2D eigenvalue weighted by molar-refractivity contribution is 5.67. The van der Waals surface area contributed by atoms with Crippen LogP contribution in [0.25, 0.3) is 0 Å². The van der Waals surface area contributed by atoms with Crippen LogP contribution in [-0.2, 0) is 4.74 Å². The van der Waals surface area contributed by atoms with Gasteiger partial charge in [0.05, 0.1) is 6.10 Å². The first kappa shape index (κ1) is 13.3. The summed E-state index contributed by atoms with van der Waals surface area (Å²) in [6, 6.07) is 0. The maximum Gasteiger partial charge on any atom is 0.407 e. The average molecular weight is 227 g/mol. The second-order valence-corrected chi connectivity index (χ2v) is 5.31. The van der Waals surface area contributed by atoms with Crippen LogP contribution in [-0.4, -0.2) is 18.7 Å². The van der Waals surface area contributed by atoms with Gasteiger partial charge in [0.1, 0.15) is 0 Å². The highest BCUT2D eigenvalue weighted by atomic mass is 16.6. The second-order valence-electron chi connectivity index (χ2n) is 5.31. The maximum absolute atomic E-state index is 11.2. The predicted octanol–water partition coefficient (Wildman–Crippen LogP) is 3.34. The Balaban J connectivity index is 2.08. The van der Waals surface area contributed by atoms with Crippen molar-refractivity contribution < 1.29 is 9.53 Å². The van der Waals surface area contributed by atoms with Gasteiger partial charge in [0, 0.05) is 6.54 Å². The molecular weight excluding hydrogens is 202 g/mol. The molecule has 0 saturated heterocycles. The maximum atomic E-state index is 11.2. The van der Waals surface area contributed by atoms with Crippen LogP contribution >= 0.6 is 0 Å². The molecule has 0 aromatic heterocycles. The number of alkyl carbamates (subject to hydrolysis) is 1. The molecular formula is C13H25NO2. The smallest absolute Gasteiger partial charge is 0.407 e. The van der Waals surface area contributed by atoms with E-state index in [1.807, 2.05) is 13.8 Å². The van der Waals surface area contributed by atoms with Crippen LogP contribution in [0, 0.1) is 11.8 Å². The largest absolute Gasteiger partial charge is 0.447 e. The number of carbonyl (C=O) groups is 1. The Morgan fingerprint density at radius 2 is 2.19 bits per heavy atom. The Bertz CT molecular complexity index is 216. The van der Waals surface area contributed by atoms with Crippen molar-refractivity contribution in [3.8, 4) is 0 Å². The number of hydrogen-bond acceptors (Lipinski definition) is 2. The Morgan fingerprint density at radius 1 is 1.44 bits per heavy atom. The standard InChI is InChI=1S/C13H25NO2/c1-10(2)16-13(15)14-8-7-12-6-4-5-11(3)9-12/h10-12H,4-9H2,1-3H3,(H,14,15). The Morgan fingerprint density at radius 3 is 2.81 bits per heavy atom. The first-order valence-corrected chi connectivity index (χ1v) is 6.52. The lowest BCUT2D eigenvalue weighted by molar-refractivity contribution is 0.114. The summed E-state index contributed by atoms with van der Waals surface area (Å²) >= 11 is 0. The minimum atomic E-state index is -0.279. The van der Waals surface area contributed by atoms with Crippen LogP contribution in [0.4, 0.5) is 4.79 Å². The van der Waals surface area contributed by atoms with Crippen LogP contribution in [0.1, 0.15) is 52.9 Å². The topological polar surface area (TPSA) is 38.3 Å². The molecule has 3 heteroatoms. The van der Waals surface area contributed by atoms with Gasteiger partial charge >= 0.3 is 6.09 Å². The van der Waals surface area contributed by atoms with E-state index in [1.54, 1.807) is 0 Å². The summed E-state index contributed by atoms with van der Waals surface area (Å²) in [7, 11) is 0. The van der Waals surface area contributed by atoms with E-state index in [4.69, 9.17) is 4.74 Å². The SMILES string of the molecule is CC1CCCC(CCNC(=O)OC(C)C)C1. The van der Waals surface area contributed by atoms with Crippen molar-refractivity contribution in [2.24, 2.45) is 11.8 Å². The van der Waals surface area contributed by atoms with Gasteiger partial charge in [-0.2, -0.15) is 0 Å². The van der Waals surface area contributed by atoms with Gasteiger partial charge in [-0.15, -0.1) is 0 Å². The third-order valence-corrected chi connectivity index (χ3v) is 3.21. The molecule has 16 heavy (non-hydrogen) atoms. The van der Waals surface area contributed by atoms with Gasteiger partial charge in [0.25, 0.3) is 0 Å². The number of nitrogens with one attached hydrogen (secondary N) is 1. The number of hydrogen-bond donors (Lipinski definition) is 1. The summed E-state index contributed by atoms with van der Waals surface area (Å²) in [5.41, 5.74) is 0. The molecule has 0 radical (unpaired) electrons. The van der Waals surface area contributed by atoms with Crippen molar-refractivity contribution in [3.63, 3.8) is 0 Å². The van der Waals surface area contributed by atoms with Gasteiger partial charge in [-0.05, 0) is 38.5 Å². The van der Waals surface area contributed by atoms with E-state index >= 15 is 0 Å². The van der Waals surface area contributed by atoms with Gasteiger partial charge in [0.2, 0.25) is 0 Å². The van der Waals surface area contributed by atoms with Gasteiger partial charge in [-0.1, -0.05) is 26.2 Å². The van der Waals surface area contributed by atoms with E-state index < -0.39 is 0 Å². The minimum Gasteiger partial charge on any atom is -0.447 e. The molecule has 1 rings (SSSR count). The molecule has 0 aromatic rings. The zero-order valence-electron chi connectivity index (χ0n) is 10.8. The summed E-state index contributed by atoms with van der Waals surface area (Å²) < 4.78 is 5.01. The summed E-state index contributed by atoms with van der Waals surface area (Å²) in [6.45, 7) is 6.81. The normalized spacial score (nSPS) is 25.5. The van der Waals surface area contributed by atoms with Crippen molar-refractivity contribution in [2.45, 2.75) is 59.0 Å². The van der Waals surface area contributed by atoms with Crippen LogP contribution < -0.4 is 5.32 Å². The molecule has 0 spiro atoms. The quantitative estimate of drug-likeness (QED) is 0.800. The molecule has 1 saturated carbocycles. The second kappa shape index (κ2) is 6.77. The molecule has 1 aliphatic carbocycles. The van der Waals surface area contributed by atoms with Crippen LogP contribution in [0.2, 0.25) is 0 Å². The molecule has 1 amide bonds. The molecule has 94 valence electrons. The molecule has 0 bridgehead atoms. The van der Waals surface area contributed by atoms with Gasteiger partial charge in [-0.3, -0.25) is 0 Å². The summed E-state index contributed by atoms with van der Waals surface area (Å²) in [4.78, 5) is 11.2. The third kappa shape index (κ3) is 5.38. The number of ether oxygens (including phenoxy) is 1. The van der Waals surface area contributed by atoms with Gasteiger partial charge in [0.15, 0.2) is 0 Å². The Kier molecular flexibility index (Phi) is 5.64. The number of amides is 1. The first-order chi connectivity index (χ1) is 7.58. The molecule has 1 N–H and O–H groups in total. The lowest BCUT2D eigenvalue weighted by Crippen LogP contribution is -2.29. The van der Waals surface area contributed by atoms with E-state index in [2.05, 4.69) is 12.2 Å². The number of rotatable bonds is 4. The lowest BCUT2D eigenvalue weighted by Gasteiger charge is -2.26. The molecule has 1 fully saturated rings. The zero-order chi connectivity index (χ0) is 12.0. The highest BCUT2D eigenvalue weighted by Gasteiger charge is 2.18. The lowest BCUT2D eigenvalue weighted by atomic mass is 9.81. The van der Waals surface area contributed by atoms with Gasteiger partial charge in [-0.25, -0.2) is 4.79 Å². The highest BCUT2D eigenvalue weighted by Crippen LogP contribution is 2.30. The molecule has 3 nitrogen and oxygen atoms in total. The fourth-order valence-electron chi connectivity index (χ4n) is 2.46. The zero-order valence-corrected chi connectivity index (χ0v) is 10.8. The molecule has 2 atom stereocenters. The monoisotopic (exact) mass is 227 g/mol. The Labute approximate surface area is 98.9 Å². The molecule has 1 aliphatic rings. The summed E-state index contributed by atoms with van der Waals surface area (Å²) in [5, 5.41) is 2.81. The van der Waals surface area contributed by atoms with Crippen LogP contribution in [0.5, 0.6) is 0 Å². The van der Waals surface area contributed by atoms with E-state index in [0.29, 0.717) is 0 Å². The van der Waals surface area contributed by atoms with Crippen molar-refractivity contribution in [3.05, 3.63) is 0 Å². The Hall–Kier alpha value is -0.730. The predicted molar refractivity (Wildman–Crippen MR) is 65.4 cm³/mol. The fourth-order valence-corrected chi connectivity index (χ4v) is 2.46. The summed E-state index contributed by atoms with van der Waals surface area (Å²) in [6.07, 6.45) is 6.15. The average Bonchev–Trinajstić information content (AvgIpc) is 2.16. The van der Waals surface area contributed by atoms with E-state index in [-0.39, 0.29) is 12.2 Å². The van der Waals surface area contributed by atoms with Crippen LogP contribution in [0.3, 0.4) is 0 Å². The first-order valence-electron chi connectivity index (χ1n) is 6.52.